The number of nitrogens with two attached hydrogens (primary N) is 1. The SMILES string of the molecule is COCc1cc(C)nc(SCC(=O)Nc2ccc(S(N)(=O)=O)cc2)c1C#N. The number of nitrogens with zero attached hydrogens (tertiary/aromatic N) is 2. The van der Waals surface area contributed by atoms with Gasteiger partial charge in [0.25, 0.3) is 0 Å². The number of nitrogens with one attached hydrogen (secondary N) is 1. The van der Waals surface area contributed by atoms with E-state index in [9.17, 15) is 18.5 Å². The number of ether oxygens (including phenoxy) is 1. The van der Waals surface area contributed by atoms with Crippen molar-refractivity contribution in [3.05, 3.63) is 47.2 Å². The van der Waals surface area contributed by atoms with Crippen LogP contribution in [-0.4, -0.2) is 32.2 Å². The smallest absolute Gasteiger partial charge is 0.238 e. The minimum atomic E-state index is -3.78. The zero-order valence-corrected chi connectivity index (χ0v) is 16.4. The van der Waals surface area contributed by atoms with Gasteiger partial charge in [0.15, 0.2) is 0 Å². The number of carbonyl (C=O) groups excluding carboxylic acids is 1. The van der Waals surface area contributed by atoms with Gasteiger partial charge in [0.1, 0.15) is 11.1 Å². The van der Waals surface area contributed by atoms with Crippen LogP contribution in [0.5, 0.6) is 0 Å². The Bertz CT molecular complexity index is 983. The number of carbonyl (C=O) groups is 1. The summed E-state index contributed by atoms with van der Waals surface area (Å²) in [5.41, 5.74) is 2.26. The second-order valence-electron chi connectivity index (χ2n) is 5.55. The van der Waals surface area contributed by atoms with Crippen molar-refractivity contribution >= 4 is 33.4 Å². The van der Waals surface area contributed by atoms with E-state index < -0.39 is 10.0 Å². The zero-order chi connectivity index (χ0) is 20.0. The van der Waals surface area contributed by atoms with E-state index in [1.54, 1.807) is 20.1 Å². The monoisotopic (exact) mass is 406 g/mol. The minimum absolute atomic E-state index is 0.0362. The highest BCUT2D eigenvalue weighted by Crippen LogP contribution is 2.25. The average Bonchev–Trinajstić information content (AvgIpc) is 2.59. The Hall–Kier alpha value is -2.45. The number of aromatic nitrogens is 1. The molecule has 0 unspecified atom stereocenters. The largest absolute Gasteiger partial charge is 0.380 e. The molecule has 2 aromatic rings. The molecule has 27 heavy (non-hydrogen) atoms. The van der Waals surface area contributed by atoms with Gasteiger partial charge in [-0.15, -0.1) is 0 Å². The van der Waals surface area contributed by atoms with Crippen LogP contribution in [0, 0.1) is 18.3 Å². The molecule has 1 aromatic carbocycles. The predicted octanol–water partition coefficient (Wildman–Crippen LogP) is 1.79. The summed E-state index contributed by atoms with van der Waals surface area (Å²) in [6, 6.07) is 9.40. The maximum atomic E-state index is 12.2. The number of rotatable bonds is 7. The van der Waals surface area contributed by atoms with Crippen LogP contribution in [0.15, 0.2) is 40.3 Å². The highest BCUT2D eigenvalue weighted by molar-refractivity contribution is 8.00. The first-order valence-corrected chi connectivity index (χ1v) is 10.2. The number of primary sulfonamides is 1. The molecule has 0 aliphatic carbocycles. The van der Waals surface area contributed by atoms with E-state index in [0.717, 1.165) is 17.5 Å². The summed E-state index contributed by atoms with van der Waals surface area (Å²) in [6.45, 7) is 2.08. The van der Waals surface area contributed by atoms with Crippen molar-refractivity contribution in [1.29, 1.82) is 5.26 Å². The molecular weight excluding hydrogens is 388 g/mol. The Balaban J connectivity index is 2.07. The van der Waals surface area contributed by atoms with Crippen molar-refractivity contribution in [2.24, 2.45) is 5.14 Å². The summed E-state index contributed by atoms with van der Waals surface area (Å²) in [4.78, 5) is 16.4. The van der Waals surface area contributed by atoms with Crippen LogP contribution < -0.4 is 10.5 Å². The van der Waals surface area contributed by atoms with Crippen molar-refractivity contribution in [3.8, 4) is 6.07 Å². The van der Waals surface area contributed by atoms with E-state index in [4.69, 9.17) is 9.88 Å². The number of sulfonamides is 1. The van der Waals surface area contributed by atoms with Gasteiger partial charge in [-0.25, -0.2) is 18.5 Å². The number of amides is 1. The number of pyridine rings is 1. The van der Waals surface area contributed by atoms with E-state index in [1.165, 1.54) is 24.3 Å². The molecule has 142 valence electrons. The second kappa shape index (κ2) is 8.96. The number of nitriles is 1. The fourth-order valence-electron chi connectivity index (χ4n) is 2.26. The first-order valence-electron chi connectivity index (χ1n) is 7.69. The van der Waals surface area contributed by atoms with Crippen molar-refractivity contribution in [3.63, 3.8) is 0 Å². The van der Waals surface area contributed by atoms with E-state index >= 15 is 0 Å². The first kappa shape index (κ1) is 20.9. The number of methoxy groups -OCH3 is 1. The molecule has 0 spiro atoms. The van der Waals surface area contributed by atoms with Crippen LogP contribution in [0.2, 0.25) is 0 Å². The third-order valence-corrected chi connectivity index (χ3v) is 5.32. The maximum Gasteiger partial charge on any atom is 0.238 e. The molecule has 0 bridgehead atoms. The molecule has 1 amide bonds. The normalized spacial score (nSPS) is 11.0. The summed E-state index contributed by atoms with van der Waals surface area (Å²) in [5.74, 6) is -0.280. The second-order valence-corrected chi connectivity index (χ2v) is 8.08. The molecule has 3 N–H and O–H groups in total. The van der Waals surface area contributed by atoms with Gasteiger partial charge in [-0.1, -0.05) is 11.8 Å². The Morgan fingerprint density at radius 2 is 2.04 bits per heavy atom. The van der Waals surface area contributed by atoms with Crippen molar-refractivity contribution < 1.29 is 17.9 Å². The number of anilines is 1. The lowest BCUT2D eigenvalue weighted by atomic mass is 10.1. The van der Waals surface area contributed by atoms with Crippen LogP contribution in [0.25, 0.3) is 0 Å². The van der Waals surface area contributed by atoms with E-state index in [2.05, 4.69) is 16.4 Å². The Morgan fingerprint density at radius 3 is 2.59 bits per heavy atom. The molecule has 0 radical (unpaired) electrons. The zero-order valence-electron chi connectivity index (χ0n) is 14.7. The van der Waals surface area contributed by atoms with Gasteiger partial charge in [0.05, 0.1) is 22.8 Å². The van der Waals surface area contributed by atoms with Gasteiger partial charge in [0, 0.05) is 18.5 Å². The molecule has 1 heterocycles. The van der Waals surface area contributed by atoms with Gasteiger partial charge in [-0.3, -0.25) is 4.79 Å². The Labute approximate surface area is 161 Å². The first-order chi connectivity index (χ1) is 12.7. The van der Waals surface area contributed by atoms with E-state index in [-0.39, 0.29) is 23.2 Å². The van der Waals surface area contributed by atoms with Crippen LogP contribution in [0.4, 0.5) is 5.69 Å². The summed E-state index contributed by atoms with van der Waals surface area (Å²) < 4.78 is 27.6. The summed E-state index contributed by atoms with van der Waals surface area (Å²) >= 11 is 1.14. The quantitative estimate of drug-likeness (QED) is 0.669. The number of hydrogen-bond donors (Lipinski definition) is 2. The van der Waals surface area contributed by atoms with Gasteiger partial charge in [0.2, 0.25) is 15.9 Å². The molecule has 1 aromatic heterocycles. The maximum absolute atomic E-state index is 12.2. The van der Waals surface area contributed by atoms with Crippen molar-refractivity contribution in [1.82, 2.24) is 4.98 Å². The molecule has 8 nitrogen and oxygen atoms in total. The topological polar surface area (TPSA) is 135 Å². The molecule has 0 saturated heterocycles. The van der Waals surface area contributed by atoms with Crippen LogP contribution in [0.1, 0.15) is 16.8 Å². The summed E-state index contributed by atoms with van der Waals surface area (Å²) in [5, 5.41) is 17.5. The predicted molar refractivity (Wildman–Crippen MR) is 102 cm³/mol. The fraction of sp³-hybridized carbons (Fsp3) is 0.235. The van der Waals surface area contributed by atoms with E-state index in [0.29, 0.717) is 21.8 Å². The fourth-order valence-corrected chi connectivity index (χ4v) is 3.65. The lowest BCUT2D eigenvalue weighted by Crippen LogP contribution is -2.15. The average molecular weight is 406 g/mol. The highest BCUT2D eigenvalue weighted by atomic mass is 32.2. The van der Waals surface area contributed by atoms with E-state index in [1.807, 2.05) is 0 Å². The summed E-state index contributed by atoms with van der Waals surface area (Å²) in [7, 11) is -2.24. The van der Waals surface area contributed by atoms with Gasteiger partial charge in [-0.2, -0.15) is 5.26 Å². The minimum Gasteiger partial charge on any atom is -0.380 e. The van der Waals surface area contributed by atoms with Crippen LogP contribution in [-0.2, 0) is 26.2 Å². The number of benzene rings is 1. The molecule has 0 fully saturated rings. The van der Waals surface area contributed by atoms with Crippen molar-refractivity contribution in [2.75, 3.05) is 18.2 Å². The number of thioether (sulfide) groups is 1. The molecular formula is C17H18N4O4S2. The third-order valence-electron chi connectivity index (χ3n) is 3.41. The molecule has 10 heteroatoms. The summed E-state index contributed by atoms with van der Waals surface area (Å²) in [6.07, 6.45) is 0. The third kappa shape index (κ3) is 5.77. The molecule has 0 aliphatic rings. The lowest BCUT2D eigenvalue weighted by Gasteiger charge is -2.10. The van der Waals surface area contributed by atoms with Gasteiger partial charge in [-0.05, 0) is 42.8 Å². The molecule has 0 aliphatic heterocycles. The van der Waals surface area contributed by atoms with Gasteiger partial charge >= 0.3 is 0 Å². The van der Waals surface area contributed by atoms with Crippen LogP contribution >= 0.6 is 11.8 Å². The Kier molecular flexibility index (Phi) is 6.92. The standard InChI is InChI=1S/C17H18N4O4S2/c1-11-7-12(9-25-2)15(8-18)17(20-11)26-10-16(22)21-13-3-5-14(6-4-13)27(19,23)24/h3-7H,9-10H2,1-2H3,(H,21,22)(H2,19,23,24). The van der Waals surface area contributed by atoms with Gasteiger partial charge < -0.3 is 10.1 Å². The molecule has 2 rings (SSSR count). The Morgan fingerprint density at radius 1 is 1.37 bits per heavy atom. The number of hydrogen-bond acceptors (Lipinski definition) is 7. The molecule has 0 atom stereocenters. The highest BCUT2D eigenvalue weighted by Gasteiger charge is 2.14. The number of aryl methyl sites for hydroxylation is 1. The molecule has 0 saturated carbocycles. The van der Waals surface area contributed by atoms with Crippen LogP contribution in [0.3, 0.4) is 0 Å². The van der Waals surface area contributed by atoms with Crippen molar-refractivity contribution in [2.45, 2.75) is 23.5 Å². The lowest BCUT2D eigenvalue weighted by molar-refractivity contribution is -0.113.